The molecule has 1 amide bonds. The largest absolute Gasteiger partial charge is 0.502 e. The average molecular weight is 388 g/mol. The van der Waals surface area contributed by atoms with Gasteiger partial charge in [-0.05, 0) is 37.1 Å². The van der Waals surface area contributed by atoms with Gasteiger partial charge < -0.3 is 9.84 Å². The molecule has 0 spiro atoms. The second kappa shape index (κ2) is 8.58. The van der Waals surface area contributed by atoms with Crippen LogP contribution in [0.5, 0.6) is 11.5 Å². The van der Waals surface area contributed by atoms with Crippen LogP contribution in [0.15, 0.2) is 35.4 Å². The number of non-ortho nitro benzene ring substituents is 1. The Hall–Kier alpha value is -4.02. The number of hydrogen-bond acceptors (Lipinski definition) is 8. The molecule has 0 unspecified atom stereocenters. The molecule has 2 rings (SSSR count). The summed E-state index contributed by atoms with van der Waals surface area (Å²) in [7, 11) is 0. The van der Waals surface area contributed by atoms with Gasteiger partial charge in [0.2, 0.25) is 5.75 Å². The smallest absolute Gasteiger partial charge is 0.318 e. The molecule has 146 valence electrons. The van der Waals surface area contributed by atoms with Crippen molar-refractivity contribution in [3.05, 3.63) is 67.3 Å². The van der Waals surface area contributed by atoms with Crippen molar-refractivity contribution < 1.29 is 24.5 Å². The number of hydrogen-bond donors (Lipinski definition) is 2. The highest BCUT2D eigenvalue weighted by atomic mass is 16.6. The van der Waals surface area contributed by atoms with Crippen LogP contribution in [0.4, 0.5) is 11.4 Å². The van der Waals surface area contributed by atoms with Crippen molar-refractivity contribution >= 4 is 23.5 Å². The van der Waals surface area contributed by atoms with Crippen LogP contribution < -0.4 is 10.2 Å². The lowest BCUT2D eigenvalue weighted by Crippen LogP contribution is -2.24. The molecule has 2 aromatic carbocycles. The summed E-state index contributed by atoms with van der Waals surface area (Å²) >= 11 is 0. The molecule has 2 aromatic rings. The fourth-order valence-corrected chi connectivity index (χ4v) is 2.13. The Morgan fingerprint density at radius 3 is 2.50 bits per heavy atom. The van der Waals surface area contributed by atoms with Crippen molar-refractivity contribution in [3.63, 3.8) is 0 Å². The maximum absolute atomic E-state index is 11.8. The molecule has 11 nitrogen and oxygen atoms in total. The molecule has 0 radical (unpaired) electrons. The number of rotatable bonds is 7. The summed E-state index contributed by atoms with van der Waals surface area (Å²) in [6.07, 6.45) is 0.864. The van der Waals surface area contributed by atoms with Crippen LogP contribution in [-0.4, -0.2) is 33.7 Å². The summed E-state index contributed by atoms with van der Waals surface area (Å²) < 4.78 is 5.32. The van der Waals surface area contributed by atoms with Crippen molar-refractivity contribution in [2.75, 3.05) is 6.61 Å². The zero-order chi connectivity index (χ0) is 20.8. The van der Waals surface area contributed by atoms with E-state index in [1.807, 2.05) is 19.9 Å². The van der Waals surface area contributed by atoms with Crippen LogP contribution in [0.3, 0.4) is 0 Å². The van der Waals surface area contributed by atoms with Crippen molar-refractivity contribution in [2.45, 2.75) is 13.8 Å². The van der Waals surface area contributed by atoms with Crippen molar-refractivity contribution in [2.24, 2.45) is 5.10 Å². The van der Waals surface area contributed by atoms with Crippen LogP contribution in [0, 0.1) is 34.1 Å². The monoisotopic (exact) mass is 388 g/mol. The van der Waals surface area contributed by atoms with Gasteiger partial charge in [-0.1, -0.05) is 6.07 Å². The number of amides is 1. The first-order valence-electron chi connectivity index (χ1n) is 7.86. The van der Waals surface area contributed by atoms with Crippen LogP contribution in [0.1, 0.15) is 16.7 Å². The number of nitro groups is 2. The van der Waals surface area contributed by atoms with E-state index >= 15 is 0 Å². The zero-order valence-electron chi connectivity index (χ0n) is 14.9. The van der Waals surface area contributed by atoms with Gasteiger partial charge in [0, 0.05) is 6.07 Å². The van der Waals surface area contributed by atoms with Gasteiger partial charge in [-0.2, -0.15) is 5.10 Å². The summed E-state index contributed by atoms with van der Waals surface area (Å²) in [4.78, 5) is 31.7. The number of carbonyl (C=O) groups excluding carboxylic acids is 1. The third-order valence-corrected chi connectivity index (χ3v) is 3.75. The van der Waals surface area contributed by atoms with Crippen molar-refractivity contribution in [1.29, 1.82) is 0 Å². The molecular formula is C17H16N4O7. The molecule has 0 heterocycles. The maximum atomic E-state index is 11.8. The Labute approximate surface area is 158 Å². The number of carbonyl (C=O) groups is 1. The quantitative estimate of drug-likeness (QED) is 0.418. The van der Waals surface area contributed by atoms with Crippen molar-refractivity contribution in [1.82, 2.24) is 5.43 Å². The Morgan fingerprint density at radius 1 is 1.18 bits per heavy atom. The summed E-state index contributed by atoms with van der Waals surface area (Å²) in [6.45, 7) is 3.49. The molecule has 0 aliphatic carbocycles. The summed E-state index contributed by atoms with van der Waals surface area (Å²) in [5.41, 5.74) is 2.44. The van der Waals surface area contributed by atoms with Gasteiger partial charge in [-0.25, -0.2) is 5.43 Å². The van der Waals surface area contributed by atoms with Gasteiger partial charge in [0.05, 0.1) is 27.7 Å². The second-order valence-corrected chi connectivity index (χ2v) is 5.74. The number of aryl methyl sites for hydroxylation is 2. The van der Waals surface area contributed by atoms with E-state index in [0.29, 0.717) is 11.8 Å². The van der Waals surface area contributed by atoms with Gasteiger partial charge in [-0.15, -0.1) is 0 Å². The van der Waals surface area contributed by atoms with Crippen LogP contribution >= 0.6 is 0 Å². The molecule has 0 aliphatic rings. The number of nitro benzene ring substituents is 2. The first kappa shape index (κ1) is 20.3. The molecule has 0 bridgehead atoms. The lowest BCUT2D eigenvalue weighted by atomic mass is 10.1. The first-order valence-corrected chi connectivity index (χ1v) is 7.86. The van der Waals surface area contributed by atoms with Crippen LogP contribution in [-0.2, 0) is 4.79 Å². The molecule has 28 heavy (non-hydrogen) atoms. The van der Waals surface area contributed by atoms with E-state index in [2.05, 4.69) is 10.5 Å². The lowest BCUT2D eigenvalue weighted by Gasteiger charge is -2.07. The topological polar surface area (TPSA) is 157 Å². The van der Waals surface area contributed by atoms with E-state index in [4.69, 9.17) is 4.74 Å². The predicted octanol–water partition coefficient (Wildman–Crippen LogP) is 2.35. The van der Waals surface area contributed by atoms with Crippen LogP contribution in [0.25, 0.3) is 0 Å². The van der Waals surface area contributed by atoms with E-state index in [-0.39, 0.29) is 12.2 Å². The number of ether oxygens (including phenoxy) is 1. The zero-order valence-corrected chi connectivity index (χ0v) is 14.9. The van der Waals surface area contributed by atoms with E-state index in [0.717, 1.165) is 23.4 Å². The fraction of sp³-hybridized carbons (Fsp3) is 0.176. The number of nitrogens with zero attached hydrogens (tertiary/aromatic N) is 3. The third kappa shape index (κ3) is 5.00. The number of phenols is 1. The highest BCUT2D eigenvalue weighted by Gasteiger charge is 2.23. The molecule has 0 fully saturated rings. The van der Waals surface area contributed by atoms with E-state index < -0.39 is 32.9 Å². The van der Waals surface area contributed by atoms with E-state index in [9.17, 15) is 30.1 Å². The van der Waals surface area contributed by atoms with Crippen LogP contribution in [0.2, 0.25) is 0 Å². The Morgan fingerprint density at radius 2 is 1.89 bits per heavy atom. The second-order valence-electron chi connectivity index (χ2n) is 5.74. The summed E-state index contributed by atoms with van der Waals surface area (Å²) in [5.74, 6) is -0.942. The molecule has 11 heteroatoms. The van der Waals surface area contributed by atoms with Gasteiger partial charge in [-0.3, -0.25) is 25.0 Å². The molecule has 0 atom stereocenters. The maximum Gasteiger partial charge on any atom is 0.318 e. The SMILES string of the molecule is Cc1ccc(OCC(=O)N/N=C/c2cc([N+](=O)[O-])cc([N+](=O)[O-])c2O)cc1C. The Bertz CT molecular complexity index is 972. The molecule has 0 saturated heterocycles. The minimum Gasteiger partial charge on any atom is -0.502 e. The fourth-order valence-electron chi connectivity index (χ4n) is 2.13. The number of benzene rings is 2. The lowest BCUT2D eigenvalue weighted by molar-refractivity contribution is -0.394. The number of phenolic OH excluding ortho intramolecular Hbond substituents is 1. The minimum atomic E-state index is -0.963. The van der Waals surface area contributed by atoms with Gasteiger partial charge in [0.25, 0.3) is 11.6 Å². The molecule has 0 aromatic heterocycles. The molecule has 2 N–H and O–H groups in total. The van der Waals surface area contributed by atoms with Gasteiger partial charge in [0.15, 0.2) is 6.61 Å². The van der Waals surface area contributed by atoms with Gasteiger partial charge in [0.1, 0.15) is 5.75 Å². The Balaban J connectivity index is 2.05. The third-order valence-electron chi connectivity index (χ3n) is 3.75. The van der Waals surface area contributed by atoms with Crippen molar-refractivity contribution in [3.8, 4) is 11.5 Å². The number of aromatic hydroxyl groups is 1. The predicted molar refractivity (Wildman–Crippen MR) is 98.6 cm³/mol. The van der Waals surface area contributed by atoms with E-state index in [1.54, 1.807) is 12.1 Å². The standard InChI is InChI=1S/C17H16N4O7/c1-10-3-4-14(5-11(10)2)28-9-16(22)19-18-8-12-6-13(20(24)25)7-15(17(12)23)21(26)27/h3-8,23H,9H2,1-2H3,(H,19,22)/b18-8+. The summed E-state index contributed by atoms with van der Waals surface area (Å²) in [6, 6.07) is 6.84. The summed E-state index contributed by atoms with van der Waals surface area (Å²) in [5, 5.41) is 35.1. The Kier molecular flexibility index (Phi) is 6.22. The highest BCUT2D eigenvalue weighted by molar-refractivity contribution is 5.88. The van der Waals surface area contributed by atoms with E-state index in [1.165, 1.54) is 0 Å². The molecule has 0 aliphatic heterocycles. The normalized spacial score (nSPS) is 10.6. The van der Waals surface area contributed by atoms with Gasteiger partial charge >= 0.3 is 5.69 Å². The number of hydrazone groups is 1. The minimum absolute atomic E-state index is 0.295. The average Bonchev–Trinajstić information content (AvgIpc) is 2.63. The molecule has 0 saturated carbocycles. The highest BCUT2D eigenvalue weighted by Crippen LogP contribution is 2.33. The first-order chi connectivity index (χ1) is 13.2. The number of nitrogens with one attached hydrogen (secondary N) is 1. The molecular weight excluding hydrogens is 372 g/mol.